The molecule has 2 aromatic rings. The molecule has 1 heteroatoms. The second-order valence-electron chi connectivity index (χ2n) is 7.13. The minimum absolute atomic E-state index is 0.113. The molecule has 1 aliphatic rings. The number of hydrogen-bond acceptors (Lipinski definition) is 1. The van der Waals surface area contributed by atoms with Gasteiger partial charge in [-0.2, -0.15) is 0 Å². The summed E-state index contributed by atoms with van der Waals surface area (Å²) in [5.41, 5.74) is 4.34. The van der Waals surface area contributed by atoms with Gasteiger partial charge in [0.25, 0.3) is 0 Å². The van der Waals surface area contributed by atoms with Crippen LogP contribution < -0.4 is 5.32 Å². The van der Waals surface area contributed by atoms with E-state index in [2.05, 4.69) is 80.7 Å². The molecule has 0 saturated carbocycles. The fraction of sp³-hybridized carbons (Fsp3) is 0.400. The molecule has 21 heavy (non-hydrogen) atoms. The summed E-state index contributed by atoms with van der Waals surface area (Å²) in [6.07, 6.45) is 2.49. The maximum Gasteiger partial charge on any atom is 0.0484 e. The third-order valence-electron chi connectivity index (χ3n) is 4.92. The summed E-state index contributed by atoms with van der Waals surface area (Å²) < 4.78 is 0. The maximum atomic E-state index is 3.79. The first-order valence-corrected chi connectivity index (χ1v) is 7.94. The fourth-order valence-corrected chi connectivity index (χ4v) is 3.64. The number of nitrogens with one attached hydrogen (secondary N) is 1. The Bertz CT molecular complexity index is 584. The van der Waals surface area contributed by atoms with Crippen LogP contribution in [-0.4, -0.2) is 6.54 Å². The third-order valence-corrected chi connectivity index (χ3v) is 4.92. The quantitative estimate of drug-likeness (QED) is 0.817. The van der Waals surface area contributed by atoms with Crippen molar-refractivity contribution in [1.82, 2.24) is 5.32 Å². The highest BCUT2D eigenvalue weighted by atomic mass is 15.0. The van der Waals surface area contributed by atoms with Gasteiger partial charge in [0.15, 0.2) is 0 Å². The number of rotatable bonds is 2. The lowest BCUT2D eigenvalue weighted by Gasteiger charge is -2.43. The summed E-state index contributed by atoms with van der Waals surface area (Å²) in [6.45, 7) is 8.15. The first-order chi connectivity index (χ1) is 10.0. The largest absolute Gasteiger partial charge is 0.307 e. The molecule has 1 fully saturated rings. The SMILES string of the molecule is CC(C)(C)C1(c2ccc(-c3ccccc3)cc2)CCCN1. The zero-order valence-electron chi connectivity index (χ0n) is 13.3. The van der Waals surface area contributed by atoms with Crippen molar-refractivity contribution in [1.29, 1.82) is 0 Å². The van der Waals surface area contributed by atoms with E-state index < -0.39 is 0 Å². The molecule has 0 aromatic heterocycles. The Hall–Kier alpha value is -1.60. The Balaban J connectivity index is 1.97. The average molecular weight is 279 g/mol. The van der Waals surface area contributed by atoms with Gasteiger partial charge in [-0.05, 0) is 41.5 Å². The second kappa shape index (κ2) is 5.31. The van der Waals surface area contributed by atoms with Crippen LogP contribution in [0.3, 0.4) is 0 Å². The van der Waals surface area contributed by atoms with Crippen LogP contribution in [0.15, 0.2) is 54.6 Å². The monoisotopic (exact) mass is 279 g/mol. The molecule has 0 spiro atoms. The van der Waals surface area contributed by atoms with Crippen molar-refractivity contribution in [2.45, 2.75) is 39.2 Å². The van der Waals surface area contributed by atoms with E-state index in [0.717, 1.165) is 6.54 Å². The molecule has 0 bridgehead atoms. The maximum absolute atomic E-state index is 3.79. The van der Waals surface area contributed by atoms with E-state index in [9.17, 15) is 0 Å². The average Bonchev–Trinajstić information content (AvgIpc) is 2.99. The van der Waals surface area contributed by atoms with Crippen LogP contribution in [0.5, 0.6) is 0 Å². The van der Waals surface area contributed by atoms with Gasteiger partial charge in [0, 0.05) is 5.54 Å². The van der Waals surface area contributed by atoms with Gasteiger partial charge < -0.3 is 5.32 Å². The lowest BCUT2D eigenvalue weighted by atomic mass is 9.68. The Labute approximate surface area is 128 Å². The summed E-state index contributed by atoms with van der Waals surface area (Å²) in [5.74, 6) is 0. The van der Waals surface area contributed by atoms with Gasteiger partial charge in [0.05, 0.1) is 0 Å². The highest BCUT2D eigenvalue weighted by Gasteiger charge is 2.45. The summed E-state index contributed by atoms with van der Waals surface area (Å²) in [5, 5.41) is 3.79. The normalized spacial score (nSPS) is 22.4. The highest BCUT2D eigenvalue weighted by Crippen LogP contribution is 2.45. The molecule has 2 aromatic carbocycles. The van der Waals surface area contributed by atoms with E-state index in [0.29, 0.717) is 0 Å². The van der Waals surface area contributed by atoms with Crippen LogP contribution in [0.1, 0.15) is 39.2 Å². The molecule has 1 unspecified atom stereocenters. The van der Waals surface area contributed by atoms with Crippen LogP contribution >= 0.6 is 0 Å². The van der Waals surface area contributed by atoms with Crippen molar-refractivity contribution < 1.29 is 0 Å². The van der Waals surface area contributed by atoms with Gasteiger partial charge in [-0.1, -0.05) is 75.4 Å². The molecule has 1 N–H and O–H groups in total. The van der Waals surface area contributed by atoms with Crippen LogP contribution in [0.25, 0.3) is 11.1 Å². The minimum Gasteiger partial charge on any atom is -0.307 e. The van der Waals surface area contributed by atoms with Gasteiger partial charge in [-0.25, -0.2) is 0 Å². The summed E-state index contributed by atoms with van der Waals surface area (Å²) in [7, 11) is 0. The predicted molar refractivity (Wildman–Crippen MR) is 90.2 cm³/mol. The molecule has 1 heterocycles. The molecule has 1 saturated heterocycles. The number of benzene rings is 2. The molecule has 3 rings (SSSR count). The Morgan fingerprint density at radius 2 is 1.48 bits per heavy atom. The van der Waals surface area contributed by atoms with Gasteiger partial charge in [0.2, 0.25) is 0 Å². The van der Waals surface area contributed by atoms with Crippen LogP contribution in [0.4, 0.5) is 0 Å². The molecule has 1 aliphatic heterocycles. The zero-order valence-corrected chi connectivity index (χ0v) is 13.3. The molecular formula is C20H25N. The minimum atomic E-state index is 0.113. The lowest BCUT2D eigenvalue weighted by Crippen LogP contribution is -2.47. The zero-order chi connectivity index (χ0) is 14.9. The first-order valence-electron chi connectivity index (χ1n) is 7.94. The van der Waals surface area contributed by atoms with Gasteiger partial charge >= 0.3 is 0 Å². The number of hydrogen-bond donors (Lipinski definition) is 1. The van der Waals surface area contributed by atoms with Gasteiger partial charge in [0.1, 0.15) is 0 Å². The molecule has 0 amide bonds. The van der Waals surface area contributed by atoms with Crippen LogP contribution in [0.2, 0.25) is 0 Å². The van der Waals surface area contributed by atoms with Crippen LogP contribution in [-0.2, 0) is 5.54 Å². The fourth-order valence-electron chi connectivity index (χ4n) is 3.64. The summed E-state index contributed by atoms with van der Waals surface area (Å²) in [6, 6.07) is 19.7. The summed E-state index contributed by atoms with van der Waals surface area (Å²) >= 11 is 0. The van der Waals surface area contributed by atoms with Crippen molar-refractivity contribution in [3.63, 3.8) is 0 Å². The van der Waals surface area contributed by atoms with Gasteiger partial charge in [-0.3, -0.25) is 0 Å². The van der Waals surface area contributed by atoms with E-state index in [1.807, 2.05) is 0 Å². The Kier molecular flexibility index (Phi) is 3.62. The topological polar surface area (TPSA) is 12.0 Å². The van der Waals surface area contributed by atoms with E-state index in [4.69, 9.17) is 0 Å². The Morgan fingerprint density at radius 1 is 0.857 bits per heavy atom. The van der Waals surface area contributed by atoms with Crippen LogP contribution in [0, 0.1) is 5.41 Å². The second-order valence-corrected chi connectivity index (χ2v) is 7.13. The molecule has 110 valence electrons. The molecule has 0 radical (unpaired) electrons. The smallest absolute Gasteiger partial charge is 0.0484 e. The third kappa shape index (κ3) is 2.51. The molecule has 1 nitrogen and oxygen atoms in total. The van der Waals surface area contributed by atoms with E-state index in [-0.39, 0.29) is 11.0 Å². The van der Waals surface area contributed by atoms with Crippen molar-refractivity contribution in [3.8, 4) is 11.1 Å². The lowest BCUT2D eigenvalue weighted by molar-refractivity contribution is 0.161. The molecule has 0 aliphatic carbocycles. The predicted octanol–water partition coefficient (Wildman–Crippen LogP) is 4.98. The highest BCUT2D eigenvalue weighted by molar-refractivity contribution is 5.63. The van der Waals surface area contributed by atoms with Crippen molar-refractivity contribution >= 4 is 0 Å². The van der Waals surface area contributed by atoms with Crippen molar-refractivity contribution in [2.24, 2.45) is 5.41 Å². The van der Waals surface area contributed by atoms with Crippen molar-refractivity contribution in [2.75, 3.05) is 6.54 Å². The van der Waals surface area contributed by atoms with Crippen molar-refractivity contribution in [3.05, 3.63) is 60.2 Å². The van der Waals surface area contributed by atoms with E-state index >= 15 is 0 Å². The Morgan fingerprint density at radius 3 is 2.00 bits per heavy atom. The van der Waals surface area contributed by atoms with E-state index in [1.165, 1.54) is 29.5 Å². The summed E-state index contributed by atoms with van der Waals surface area (Å²) in [4.78, 5) is 0. The van der Waals surface area contributed by atoms with E-state index in [1.54, 1.807) is 0 Å². The first kappa shape index (κ1) is 14.3. The molecule has 1 atom stereocenters. The van der Waals surface area contributed by atoms with Gasteiger partial charge in [-0.15, -0.1) is 0 Å². The molecular weight excluding hydrogens is 254 g/mol. The standard InChI is InChI=1S/C20H25N/c1-19(2,3)20(14-7-15-21-20)18-12-10-17(11-13-18)16-8-5-4-6-9-16/h4-6,8-13,21H,7,14-15H2,1-3H3.